The molecule has 3 aromatic rings. The largest absolute Gasteiger partial charge is 0.497 e. The number of fused-ring (bicyclic) bond motifs is 1. The Morgan fingerprint density at radius 2 is 1.91 bits per heavy atom. The summed E-state index contributed by atoms with van der Waals surface area (Å²) < 4.78 is 10.7. The smallest absolute Gasteiger partial charge is 0.254 e. The van der Waals surface area contributed by atoms with Gasteiger partial charge in [-0.15, -0.1) is 11.3 Å². The van der Waals surface area contributed by atoms with Crippen LogP contribution in [0.1, 0.15) is 38.3 Å². The molecule has 1 aliphatic heterocycles. The van der Waals surface area contributed by atoms with Gasteiger partial charge in [-0.2, -0.15) is 0 Å². The van der Waals surface area contributed by atoms with Crippen LogP contribution in [0.15, 0.2) is 60.0 Å². The lowest BCUT2D eigenvalue weighted by molar-refractivity contribution is -0.124. The molecule has 2 aromatic carbocycles. The first-order valence-electron chi connectivity index (χ1n) is 10.4. The Kier molecular flexibility index (Phi) is 6.46. The second kappa shape index (κ2) is 9.44. The van der Waals surface area contributed by atoms with Crippen molar-refractivity contribution in [2.75, 3.05) is 27.8 Å². The number of amides is 2. The lowest BCUT2D eigenvalue weighted by Gasteiger charge is -2.39. The molecule has 0 saturated heterocycles. The minimum absolute atomic E-state index is 0.0639. The van der Waals surface area contributed by atoms with Crippen LogP contribution in [-0.2, 0) is 11.2 Å². The monoisotopic (exact) mass is 450 g/mol. The predicted molar refractivity (Wildman–Crippen MR) is 125 cm³/mol. The van der Waals surface area contributed by atoms with Crippen molar-refractivity contribution < 1.29 is 19.1 Å². The zero-order valence-corrected chi connectivity index (χ0v) is 19.1. The van der Waals surface area contributed by atoms with Crippen molar-refractivity contribution in [1.82, 2.24) is 10.2 Å². The van der Waals surface area contributed by atoms with Gasteiger partial charge in [-0.25, -0.2) is 0 Å². The van der Waals surface area contributed by atoms with E-state index in [-0.39, 0.29) is 17.9 Å². The van der Waals surface area contributed by atoms with Crippen molar-refractivity contribution in [3.63, 3.8) is 0 Å². The number of rotatable bonds is 7. The number of carbonyl (C=O) groups excluding carboxylic acids is 2. The number of nitrogens with one attached hydrogen (secondary N) is 1. The van der Waals surface area contributed by atoms with Gasteiger partial charge in [0.15, 0.2) is 0 Å². The molecule has 1 N–H and O–H groups in total. The van der Waals surface area contributed by atoms with Crippen molar-refractivity contribution >= 4 is 23.2 Å². The minimum atomic E-state index is -0.481. The Hall–Kier alpha value is -3.32. The molecule has 0 aliphatic carbocycles. The normalized spacial score (nSPS) is 17.6. The van der Waals surface area contributed by atoms with E-state index in [2.05, 4.69) is 5.32 Å². The third-order valence-corrected chi connectivity index (χ3v) is 6.83. The van der Waals surface area contributed by atoms with Gasteiger partial charge in [-0.1, -0.05) is 30.3 Å². The highest BCUT2D eigenvalue weighted by Gasteiger charge is 2.42. The molecule has 0 bridgehead atoms. The van der Waals surface area contributed by atoms with Crippen LogP contribution in [0.3, 0.4) is 0 Å². The Morgan fingerprint density at radius 1 is 1.09 bits per heavy atom. The van der Waals surface area contributed by atoms with E-state index in [1.165, 1.54) is 0 Å². The van der Waals surface area contributed by atoms with Crippen molar-refractivity contribution in [2.24, 2.45) is 0 Å². The molecule has 2 unspecified atom stereocenters. The number of benzene rings is 2. The van der Waals surface area contributed by atoms with Gasteiger partial charge in [-0.05, 0) is 41.1 Å². The molecule has 32 heavy (non-hydrogen) atoms. The fourth-order valence-corrected chi connectivity index (χ4v) is 5.17. The predicted octanol–water partition coefficient (Wildman–Crippen LogP) is 4.03. The van der Waals surface area contributed by atoms with E-state index in [4.69, 9.17) is 9.47 Å². The first kappa shape index (κ1) is 21.9. The van der Waals surface area contributed by atoms with Crippen LogP contribution in [0, 0.1) is 0 Å². The maximum Gasteiger partial charge on any atom is 0.254 e. The summed E-state index contributed by atoms with van der Waals surface area (Å²) in [6, 6.07) is 16.6. The summed E-state index contributed by atoms with van der Waals surface area (Å²) in [5, 5.41) is 5.06. The standard InChI is InChI=1S/C25H26N2O4S/c1-27-23(21-9-6-14-32-21)22(18-7-4-5-8-19(18)25(27)29)24(28)26-13-12-16-10-11-17(30-2)15-20(16)31-3/h4-11,14-15,22-23H,12-13H2,1-3H3,(H,26,28). The number of carbonyl (C=O) groups is 2. The molecule has 2 heterocycles. The van der Waals surface area contributed by atoms with E-state index in [1.54, 1.807) is 43.6 Å². The van der Waals surface area contributed by atoms with Crippen molar-refractivity contribution in [3.8, 4) is 11.5 Å². The van der Waals surface area contributed by atoms with Gasteiger partial charge in [0.1, 0.15) is 11.5 Å². The minimum Gasteiger partial charge on any atom is -0.497 e. The fourth-order valence-electron chi connectivity index (χ4n) is 4.26. The highest BCUT2D eigenvalue weighted by Crippen LogP contribution is 2.43. The molecule has 6 nitrogen and oxygen atoms in total. The summed E-state index contributed by atoms with van der Waals surface area (Å²) in [6.07, 6.45) is 0.617. The van der Waals surface area contributed by atoms with E-state index in [0.717, 1.165) is 27.5 Å². The molecular weight excluding hydrogens is 424 g/mol. The number of nitrogens with zero attached hydrogens (tertiary/aromatic N) is 1. The van der Waals surface area contributed by atoms with Crippen LogP contribution in [0.25, 0.3) is 0 Å². The van der Waals surface area contributed by atoms with Gasteiger partial charge in [-0.3, -0.25) is 9.59 Å². The highest BCUT2D eigenvalue weighted by atomic mass is 32.1. The molecule has 0 radical (unpaired) electrons. The zero-order valence-electron chi connectivity index (χ0n) is 18.3. The molecule has 2 amide bonds. The molecule has 166 valence electrons. The molecule has 1 aromatic heterocycles. The molecule has 1 aliphatic rings. The first-order valence-corrected chi connectivity index (χ1v) is 11.3. The topological polar surface area (TPSA) is 67.9 Å². The van der Waals surface area contributed by atoms with Gasteiger partial charge < -0.3 is 19.7 Å². The fraction of sp³-hybridized carbons (Fsp3) is 0.280. The van der Waals surface area contributed by atoms with Gasteiger partial charge in [0.2, 0.25) is 5.91 Å². The number of thiophene rings is 1. The van der Waals surface area contributed by atoms with Crippen LogP contribution in [0.5, 0.6) is 11.5 Å². The van der Waals surface area contributed by atoms with E-state index in [0.29, 0.717) is 18.5 Å². The lowest BCUT2D eigenvalue weighted by Crippen LogP contribution is -2.45. The van der Waals surface area contributed by atoms with Crippen LogP contribution in [0.4, 0.5) is 0 Å². The summed E-state index contributed by atoms with van der Waals surface area (Å²) in [5.74, 6) is 0.808. The molecular formula is C25H26N2O4S. The van der Waals surface area contributed by atoms with Gasteiger partial charge in [0, 0.05) is 30.1 Å². The molecule has 0 fully saturated rings. The first-order chi connectivity index (χ1) is 15.5. The number of hydrogen-bond acceptors (Lipinski definition) is 5. The summed E-state index contributed by atoms with van der Waals surface area (Å²) >= 11 is 1.56. The maximum absolute atomic E-state index is 13.5. The third kappa shape index (κ3) is 4.08. The molecule has 0 spiro atoms. The molecule has 7 heteroatoms. The van der Waals surface area contributed by atoms with Crippen LogP contribution >= 0.6 is 11.3 Å². The van der Waals surface area contributed by atoms with Crippen LogP contribution in [-0.4, -0.2) is 44.5 Å². The number of likely N-dealkylation sites (N-methyl/N-ethyl adjacent to an activating group) is 1. The van der Waals surface area contributed by atoms with Gasteiger partial charge in [0.25, 0.3) is 5.91 Å². The number of ether oxygens (including phenoxy) is 2. The molecule has 2 atom stereocenters. The highest BCUT2D eigenvalue weighted by molar-refractivity contribution is 7.10. The van der Waals surface area contributed by atoms with Gasteiger partial charge >= 0.3 is 0 Å². The Labute approximate surface area is 191 Å². The summed E-state index contributed by atoms with van der Waals surface area (Å²) in [7, 11) is 5.00. The average Bonchev–Trinajstić information content (AvgIpc) is 3.35. The second-order valence-corrected chi connectivity index (χ2v) is 8.64. The van der Waals surface area contributed by atoms with E-state index >= 15 is 0 Å². The third-order valence-electron chi connectivity index (χ3n) is 5.88. The van der Waals surface area contributed by atoms with E-state index in [1.807, 2.05) is 53.9 Å². The quantitative estimate of drug-likeness (QED) is 0.590. The van der Waals surface area contributed by atoms with Gasteiger partial charge in [0.05, 0.1) is 26.2 Å². The summed E-state index contributed by atoms with van der Waals surface area (Å²) in [6.45, 7) is 0.453. The Balaban J connectivity index is 1.57. The molecule has 0 saturated carbocycles. The van der Waals surface area contributed by atoms with Crippen molar-refractivity contribution in [3.05, 3.63) is 81.5 Å². The number of hydrogen-bond donors (Lipinski definition) is 1. The Morgan fingerprint density at radius 3 is 2.62 bits per heavy atom. The van der Waals surface area contributed by atoms with E-state index in [9.17, 15) is 9.59 Å². The average molecular weight is 451 g/mol. The SMILES string of the molecule is COc1ccc(CCNC(=O)C2c3ccccc3C(=O)N(C)C2c2cccs2)c(OC)c1. The van der Waals surface area contributed by atoms with Crippen molar-refractivity contribution in [1.29, 1.82) is 0 Å². The molecule has 4 rings (SSSR count). The summed E-state index contributed by atoms with van der Waals surface area (Å²) in [4.78, 5) is 29.1. The van der Waals surface area contributed by atoms with Crippen LogP contribution < -0.4 is 14.8 Å². The zero-order chi connectivity index (χ0) is 22.7. The Bertz CT molecular complexity index is 1110. The van der Waals surface area contributed by atoms with Crippen molar-refractivity contribution in [2.45, 2.75) is 18.4 Å². The number of methoxy groups -OCH3 is 2. The maximum atomic E-state index is 13.5. The van der Waals surface area contributed by atoms with E-state index < -0.39 is 5.92 Å². The second-order valence-electron chi connectivity index (χ2n) is 7.66. The lowest BCUT2D eigenvalue weighted by atomic mass is 9.81. The summed E-state index contributed by atoms with van der Waals surface area (Å²) in [5.41, 5.74) is 2.34. The van der Waals surface area contributed by atoms with Crippen LogP contribution in [0.2, 0.25) is 0 Å².